The molecule has 0 atom stereocenters. The molecule has 0 aromatic heterocycles. The Morgan fingerprint density at radius 3 is 2.05 bits per heavy atom. The van der Waals surface area contributed by atoms with Crippen LogP contribution >= 0.6 is 0 Å². The van der Waals surface area contributed by atoms with Gasteiger partial charge in [-0.1, -0.05) is 49.1 Å². The van der Waals surface area contributed by atoms with Gasteiger partial charge in [0.05, 0.1) is 11.6 Å². The van der Waals surface area contributed by atoms with Gasteiger partial charge in [0.1, 0.15) is 0 Å². The number of hydrogen-bond donors (Lipinski definition) is 0. The third-order valence-electron chi connectivity index (χ3n) is 3.43. The van der Waals surface area contributed by atoms with Crippen LogP contribution in [0.15, 0.2) is 78.0 Å². The van der Waals surface area contributed by atoms with Gasteiger partial charge in [-0.2, -0.15) is 5.26 Å². The Kier molecular flexibility index (Phi) is 5.06. The van der Waals surface area contributed by atoms with Gasteiger partial charge in [0, 0.05) is 11.9 Å². The van der Waals surface area contributed by atoms with E-state index in [1.807, 2.05) is 44.3 Å². The molecule has 0 saturated heterocycles. The van der Waals surface area contributed by atoms with Crippen molar-refractivity contribution in [1.29, 1.82) is 5.26 Å². The lowest BCUT2D eigenvalue weighted by molar-refractivity contribution is 1.41. The van der Waals surface area contributed by atoms with Crippen LogP contribution in [0.4, 0.5) is 0 Å². The van der Waals surface area contributed by atoms with Crippen molar-refractivity contribution in [2.75, 3.05) is 0 Å². The van der Waals surface area contributed by atoms with E-state index in [0.29, 0.717) is 5.56 Å². The van der Waals surface area contributed by atoms with E-state index in [1.54, 1.807) is 6.08 Å². The highest BCUT2D eigenvalue weighted by atomic mass is 14.7. The van der Waals surface area contributed by atoms with Crippen molar-refractivity contribution in [3.63, 3.8) is 0 Å². The zero-order valence-corrected chi connectivity index (χ0v) is 12.9. The van der Waals surface area contributed by atoms with Gasteiger partial charge in [-0.05, 0) is 48.2 Å². The first-order valence-electron chi connectivity index (χ1n) is 7.08. The smallest absolute Gasteiger partial charge is 0.0991 e. The Labute approximate surface area is 131 Å². The molecular formula is C20H18N2. The third-order valence-corrected chi connectivity index (χ3v) is 3.43. The number of hydrogen-bond acceptors (Lipinski definition) is 2. The molecule has 2 heteroatoms. The van der Waals surface area contributed by atoms with E-state index in [9.17, 15) is 0 Å². The standard InChI is InChI=1S/C20H18N2/c1-4-15(2)14-22-16(3)18-9-11-20(12-10-18)19-7-5-17(13-21)6-8-19/h4-12,14H,1H2,2-3H3/b15-14-,22-16?. The van der Waals surface area contributed by atoms with Crippen molar-refractivity contribution in [3.05, 3.63) is 84.1 Å². The SMILES string of the molecule is C=C/C(C)=C\N=C(C)c1ccc(-c2ccc(C#N)cc2)cc1. The largest absolute Gasteiger partial charge is 0.261 e. The molecule has 0 bridgehead atoms. The highest BCUT2D eigenvalue weighted by Gasteiger charge is 2.00. The molecule has 22 heavy (non-hydrogen) atoms. The summed E-state index contributed by atoms with van der Waals surface area (Å²) in [5.74, 6) is 0. The first kappa shape index (κ1) is 15.5. The van der Waals surface area contributed by atoms with Gasteiger partial charge in [0.2, 0.25) is 0 Å². The molecule has 0 heterocycles. The van der Waals surface area contributed by atoms with Gasteiger partial charge in [0.15, 0.2) is 0 Å². The molecule has 0 fully saturated rings. The quantitative estimate of drug-likeness (QED) is 0.567. The molecule has 2 aromatic rings. The normalized spacial score (nSPS) is 11.9. The molecule has 0 N–H and O–H groups in total. The minimum absolute atomic E-state index is 0.674. The topological polar surface area (TPSA) is 36.1 Å². The lowest BCUT2D eigenvalue weighted by Crippen LogP contribution is -1.93. The van der Waals surface area contributed by atoms with Gasteiger partial charge >= 0.3 is 0 Å². The van der Waals surface area contributed by atoms with E-state index < -0.39 is 0 Å². The summed E-state index contributed by atoms with van der Waals surface area (Å²) in [6.45, 7) is 7.67. The zero-order chi connectivity index (χ0) is 15.9. The van der Waals surface area contributed by atoms with Crippen molar-refractivity contribution >= 4 is 5.71 Å². The molecule has 0 unspecified atom stereocenters. The van der Waals surface area contributed by atoms with Crippen LogP contribution in [0.2, 0.25) is 0 Å². The molecular weight excluding hydrogens is 268 g/mol. The van der Waals surface area contributed by atoms with E-state index >= 15 is 0 Å². The Balaban J connectivity index is 2.23. The summed E-state index contributed by atoms with van der Waals surface area (Å²) in [7, 11) is 0. The second-order valence-corrected chi connectivity index (χ2v) is 5.06. The van der Waals surface area contributed by atoms with Crippen molar-refractivity contribution < 1.29 is 0 Å². The predicted octanol–water partition coefficient (Wildman–Crippen LogP) is 5.12. The molecule has 108 valence electrons. The molecule has 2 rings (SSSR count). The third kappa shape index (κ3) is 3.80. The highest BCUT2D eigenvalue weighted by Crippen LogP contribution is 2.20. The zero-order valence-electron chi connectivity index (χ0n) is 12.9. The summed E-state index contributed by atoms with van der Waals surface area (Å²) >= 11 is 0. The Hall–Kier alpha value is -2.92. The average Bonchev–Trinajstić information content (AvgIpc) is 2.59. The number of benzene rings is 2. The van der Waals surface area contributed by atoms with Crippen LogP contribution in [0.1, 0.15) is 25.0 Å². The Morgan fingerprint density at radius 2 is 1.55 bits per heavy atom. The van der Waals surface area contributed by atoms with E-state index in [-0.39, 0.29) is 0 Å². The summed E-state index contributed by atoms with van der Waals surface area (Å²) in [4.78, 5) is 4.44. The summed E-state index contributed by atoms with van der Waals surface area (Å²) in [5, 5.41) is 8.83. The maximum Gasteiger partial charge on any atom is 0.0991 e. The van der Waals surface area contributed by atoms with E-state index in [1.165, 1.54) is 0 Å². The van der Waals surface area contributed by atoms with E-state index in [2.05, 4.69) is 41.9 Å². The van der Waals surface area contributed by atoms with Gasteiger partial charge in [-0.25, -0.2) is 0 Å². The fourth-order valence-electron chi connectivity index (χ4n) is 1.97. The number of aliphatic imine (C=N–C) groups is 1. The summed E-state index contributed by atoms with van der Waals surface area (Å²) in [6.07, 6.45) is 3.60. The molecule has 0 amide bonds. The molecule has 2 aromatic carbocycles. The van der Waals surface area contributed by atoms with Crippen molar-refractivity contribution in [3.8, 4) is 17.2 Å². The van der Waals surface area contributed by atoms with E-state index in [4.69, 9.17) is 5.26 Å². The molecule has 0 saturated carbocycles. The molecule has 0 aliphatic carbocycles. The lowest BCUT2D eigenvalue weighted by atomic mass is 10.0. The van der Waals surface area contributed by atoms with Crippen molar-refractivity contribution in [2.24, 2.45) is 4.99 Å². The minimum atomic E-state index is 0.674. The second kappa shape index (κ2) is 7.19. The van der Waals surface area contributed by atoms with Crippen LogP contribution in [0, 0.1) is 11.3 Å². The Bertz CT molecular complexity index is 755. The van der Waals surface area contributed by atoms with Crippen LogP contribution in [0.5, 0.6) is 0 Å². The minimum Gasteiger partial charge on any atom is -0.261 e. The number of nitrogens with zero attached hydrogens (tertiary/aromatic N) is 2. The van der Waals surface area contributed by atoms with Crippen LogP contribution < -0.4 is 0 Å². The van der Waals surface area contributed by atoms with Gasteiger partial charge in [0.25, 0.3) is 0 Å². The van der Waals surface area contributed by atoms with E-state index in [0.717, 1.165) is 28.0 Å². The van der Waals surface area contributed by atoms with Gasteiger partial charge in [-0.3, -0.25) is 4.99 Å². The molecule has 2 nitrogen and oxygen atoms in total. The fourth-order valence-corrected chi connectivity index (χ4v) is 1.97. The van der Waals surface area contributed by atoms with Crippen molar-refractivity contribution in [1.82, 2.24) is 0 Å². The predicted molar refractivity (Wildman–Crippen MR) is 92.8 cm³/mol. The van der Waals surface area contributed by atoms with Crippen molar-refractivity contribution in [2.45, 2.75) is 13.8 Å². The number of rotatable bonds is 4. The molecule has 0 aliphatic heterocycles. The van der Waals surface area contributed by atoms with Crippen LogP contribution in [-0.2, 0) is 0 Å². The van der Waals surface area contributed by atoms with Gasteiger partial charge < -0.3 is 0 Å². The average molecular weight is 286 g/mol. The first-order valence-corrected chi connectivity index (χ1v) is 7.08. The number of allylic oxidation sites excluding steroid dienone is 2. The summed E-state index contributed by atoms with van der Waals surface area (Å²) in [5.41, 5.74) is 5.99. The second-order valence-electron chi connectivity index (χ2n) is 5.06. The number of nitriles is 1. The molecule has 0 aliphatic rings. The summed E-state index contributed by atoms with van der Waals surface area (Å²) in [6, 6.07) is 18.0. The lowest BCUT2D eigenvalue weighted by Gasteiger charge is -2.04. The highest BCUT2D eigenvalue weighted by molar-refractivity contribution is 5.99. The fraction of sp³-hybridized carbons (Fsp3) is 0.100. The van der Waals surface area contributed by atoms with Gasteiger partial charge in [-0.15, -0.1) is 0 Å². The van der Waals surface area contributed by atoms with Crippen LogP contribution in [-0.4, -0.2) is 5.71 Å². The Morgan fingerprint density at radius 1 is 1.00 bits per heavy atom. The first-order chi connectivity index (χ1) is 10.6. The maximum atomic E-state index is 8.83. The van der Waals surface area contributed by atoms with Crippen LogP contribution in [0.3, 0.4) is 0 Å². The summed E-state index contributed by atoms with van der Waals surface area (Å²) < 4.78 is 0. The molecule has 0 radical (unpaired) electrons. The molecule has 0 spiro atoms. The van der Waals surface area contributed by atoms with Crippen LogP contribution in [0.25, 0.3) is 11.1 Å². The monoisotopic (exact) mass is 286 g/mol. The maximum absolute atomic E-state index is 8.83.